The van der Waals surface area contributed by atoms with Gasteiger partial charge in [-0.05, 0) is 41.9 Å². The summed E-state index contributed by atoms with van der Waals surface area (Å²) in [6.07, 6.45) is 0. The Hall–Kier alpha value is -0.930. The SMILES string of the molecule is Cc1nc(-c2cccc(Cl)c2)nc(Br)c1C. The predicted molar refractivity (Wildman–Crippen MR) is 69.7 cm³/mol. The maximum Gasteiger partial charge on any atom is 0.160 e. The van der Waals surface area contributed by atoms with Gasteiger partial charge in [0.2, 0.25) is 0 Å². The Kier molecular flexibility index (Phi) is 3.26. The Bertz CT molecular complexity index is 517. The van der Waals surface area contributed by atoms with Crippen molar-refractivity contribution in [3.8, 4) is 11.4 Å². The van der Waals surface area contributed by atoms with Crippen molar-refractivity contribution < 1.29 is 0 Å². The van der Waals surface area contributed by atoms with E-state index in [0.717, 1.165) is 21.4 Å². The second kappa shape index (κ2) is 4.52. The molecule has 4 heteroatoms. The minimum Gasteiger partial charge on any atom is -0.233 e. The lowest BCUT2D eigenvalue weighted by molar-refractivity contribution is 1.05. The third-order valence-corrected chi connectivity index (χ3v) is 3.42. The number of aromatic nitrogens is 2. The molecule has 0 atom stereocenters. The molecule has 0 bridgehead atoms. The van der Waals surface area contributed by atoms with Crippen molar-refractivity contribution in [2.45, 2.75) is 13.8 Å². The first-order chi connectivity index (χ1) is 7.58. The van der Waals surface area contributed by atoms with E-state index in [9.17, 15) is 0 Å². The van der Waals surface area contributed by atoms with Crippen LogP contribution in [0.5, 0.6) is 0 Å². The monoisotopic (exact) mass is 296 g/mol. The average Bonchev–Trinajstić information content (AvgIpc) is 2.25. The molecule has 0 aliphatic rings. The van der Waals surface area contributed by atoms with Gasteiger partial charge in [0.25, 0.3) is 0 Å². The van der Waals surface area contributed by atoms with E-state index < -0.39 is 0 Å². The summed E-state index contributed by atoms with van der Waals surface area (Å²) in [6.45, 7) is 3.96. The van der Waals surface area contributed by atoms with E-state index in [1.54, 1.807) is 0 Å². The van der Waals surface area contributed by atoms with Crippen LogP contribution in [0, 0.1) is 13.8 Å². The summed E-state index contributed by atoms with van der Waals surface area (Å²) in [7, 11) is 0. The third-order valence-electron chi connectivity index (χ3n) is 2.41. The molecule has 1 aromatic carbocycles. The molecule has 16 heavy (non-hydrogen) atoms. The lowest BCUT2D eigenvalue weighted by atomic mass is 10.2. The van der Waals surface area contributed by atoms with Crippen molar-refractivity contribution >= 4 is 27.5 Å². The molecule has 82 valence electrons. The normalized spacial score (nSPS) is 10.5. The number of halogens is 2. The fourth-order valence-corrected chi connectivity index (χ4v) is 2.00. The summed E-state index contributed by atoms with van der Waals surface area (Å²) in [4.78, 5) is 8.84. The van der Waals surface area contributed by atoms with Crippen molar-refractivity contribution in [1.29, 1.82) is 0 Å². The van der Waals surface area contributed by atoms with Crippen LogP contribution in [-0.4, -0.2) is 9.97 Å². The van der Waals surface area contributed by atoms with E-state index in [2.05, 4.69) is 25.9 Å². The molecule has 0 fully saturated rings. The minimum atomic E-state index is 0.690. The molecule has 0 unspecified atom stereocenters. The van der Waals surface area contributed by atoms with Crippen molar-refractivity contribution in [3.63, 3.8) is 0 Å². The van der Waals surface area contributed by atoms with Gasteiger partial charge in [-0.3, -0.25) is 0 Å². The van der Waals surface area contributed by atoms with Gasteiger partial charge in [-0.25, -0.2) is 9.97 Å². The van der Waals surface area contributed by atoms with Crippen molar-refractivity contribution in [1.82, 2.24) is 9.97 Å². The highest BCUT2D eigenvalue weighted by Crippen LogP contribution is 2.23. The molecule has 0 saturated carbocycles. The molecule has 0 amide bonds. The molecule has 1 aromatic heterocycles. The topological polar surface area (TPSA) is 25.8 Å². The van der Waals surface area contributed by atoms with Gasteiger partial charge in [-0.1, -0.05) is 23.7 Å². The third kappa shape index (κ3) is 2.25. The maximum absolute atomic E-state index is 5.94. The molecule has 0 N–H and O–H groups in total. The molecule has 0 aliphatic carbocycles. The van der Waals surface area contributed by atoms with E-state index in [-0.39, 0.29) is 0 Å². The Balaban J connectivity index is 2.57. The fraction of sp³-hybridized carbons (Fsp3) is 0.167. The standard InChI is InChI=1S/C12H10BrClN2/c1-7-8(2)15-12(16-11(7)13)9-4-3-5-10(14)6-9/h3-6H,1-2H3. The zero-order valence-corrected chi connectivity index (χ0v) is 11.3. The number of hydrogen-bond donors (Lipinski definition) is 0. The van der Waals surface area contributed by atoms with Gasteiger partial charge >= 0.3 is 0 Å². The molecular formula is C12H10BrClN2. The molecular weight excluding hydrogens is 288 g/mol. The fourth-order valence-electron chi connectivity index (χ4n) is 1.35. The van der Waals surface area contributed by atoms with Crippen LogP contribution in [-0.2, 0) is 0 Å². The summed E-state index contributed by atoms with van der Waals surface area (Å²) in [5.41, 5.74) is 2.96. The molecule has 0 aliphatic heterocycles. The quantitative estimate of drug-likeness (QED) is 0.738. The minimum absolute atomic E-state index is 0.690. The van der Waals surface area contributed by atoms with Crippen LogP contribution in [0.4, 0.5) is 0 Å². The highest BCUT2D eigenvalue weighted by Gasteiger charge is 2.07. The van der Waals surface area contributed by atoms with Crippen LogP contribution in [0.2, 0.25) is 5.02 Å². The van der Waals surface area contributed by atoms with Gasteiger partial charge in [0.15, 0.2) is 5.82 Å². The first kappa shape index (κ1) is 11.6. The number of aryl methyl sites for hydroxylation is 1. The molecule has 2 nitrogen and oxygen atoms in total. The highest BCUT2D eigenvalue weighted by atomic mass is 79.9. The molecule has 0 saturated heterocycles. The predicted octanol–water partition coefficient (Wildman–Crippen LogP) is 4.18. The van der Waals surface area contributed by atoms with Gasteiger partial charge in [-0.15, -0.1) is 0 Å². The number of rotatable bonds is 1. The summed E-state index contributed by atoms with van der Waals surface area (Å²) >= 11 is 9.37. The average molecular weight is 298 g/mol. The summed E-state index contributed by atoms with van der Waals surface area (Å²) in [5, 5.41) is 0.690. The summed E-state index contributed by atoms with van der Waals surface area (Å²) < 4.78 is 0.829. The second-order valence-electron chi connectivity index (χ2n) is 3.56. The van der Waals surface area contributed by atoms with Gasteiger partial charge in [0.05, 0.1) is 0 Å². The van der Waals surface area contributed by atoms with E-state index in [4.69, 9.17) is 11.6 Å². The molecule has 2 rings (SSSR count). The number of nitrogens with zero attached hydrogens (tertiary/aromatic N) is 2. The zero-order valence-electron chi connectivity index (χ0n) is 8.96. The highest BCUT2D eigenvalue weighted by molar-refractivity contribution is 9.10. The van der Waals surface area contributed by atoms with Gasteiger partial charge in [0, 0.05) is 21.8 Å². The summed E-state index contributed by atoms with van der Waals surface area (Å²) in [6, 6.07) is 7.53. The second-order valence-corrected chi connectivity index (χ2v) is 4.75. The maximum atomic E-state index is 5.94. The Morgan fingerprint density at radius 1 is 1.19 bits per heavy atom. The van der Waals surface area contributed by atoms with Crippen LogP contribution in [0.25, 0.3) is 11.4 Å². The van der Waals surface area contributed by atoms with E-state index in [1.807, 2.05) is 38.1 Å². The molecule has 0 spiro atoms. The number of hydrogen-bond acceptors (Lipinski definition) is 2. The summed E-state index contributed by atoms with van der Waals surface area (Å²) in [5.74, 6) is 0.692. The Morgan fingerprint density at radius 2 is 1.94 bits per heavy atom. The molecule has 2 aromatic rings. The lowest BCUT2D eigenvalue weighted by Gasteiger charge is -2.06. The van der Waals surface area contributed by atoms with Gasteiger partial charge in [-0.2, -0.15) is 0 Å². The Labute approximate surface area is 108 Å². The Morgan fingerprint density at radius 3 is 2.56 bits per heavy atom. The van der Waals surface area contributed by atoms with Gasteiger partial charge in [0.1, 0.15) is 4.60 Å². The van der Waals surface area contributed by atoms with Crippen LogP contribution in [0.3, 0.4) is 0 Å². The van der Waals surface area contributed by atoms with E-state index in [0.29, 0.717) is 10.8 Å². The van der Waals surface area contributed by atoms with Crippen molar-refractivity contribution in [3.05, 3.63) is 45.1 Å². The van der Waals surface area contributed by atoms with Crippen LogP contribution in [0.1, 0.15) is 11.3 Å². The van der Waals surface area contributed by atoms with E-state index in [1.165, 1.54) is 0 Å². The van der Waals surface area contributed by atoms with Crippen LogP contribution in [0.15, 0.2) is 28.9 Å². The lowest BCUT2D eigenvalue weighted by Crippen LogP contribution is -1.96. The van der Waals surface area contributed by atoms with Crippen LogP contribution >= 0.6 is 27.5 Å². The zero-order chi connectivity index (χ0) is 11.7. The van der Waals surface area contributed by atoms with Crippen molar-refractivity contribution in [2.75, 3.05) is 0 Å². The van der Waals surface area contributed by atoms with Crippen molar-refractivity contribution in [2.24, 2.45) is 0 Å². The van der Waals surface area contributed by atoms with Gasteiger partial charge < -0.3 is 0 Å². The molecule has 1 heterocycles. The molecule has 0 radical (unpaired) electrons. The smallest absolute Gasteiger partial charge is 0.160 e. The first-order valence-corrected chi connectivity index (χ1v) is 6.01. The van der Waals surface area contributed by atoms with Crippen LogP contribution < -0.4 is 0 Å². The largest absolute Gasteiger partial charge is 0.233 e. The van der Waals surface area contributed by atoms with E-state index >= 15 is 0 Å². The first-order valence-electron chi connectivity index (χ1n) is 4.84. The number of benzene rings is 1.